The molecule has 0 spiro atoms. The number of alkyl halides is 3. The van der Waals surface area contributed by atoms with Crippen molar-refractivity contribution < 1.29 is 37.0 Å². The smallest absolute Gasteiger partial charge is 0.416 e. The summed E-state index contributed by atoms with van der Waals surface area (Å²) in [5, 5.41) is 1.81. The van der Waals surface area contributed by atoms with Gasteiger partial charge in [-0.25, -0.2) is 4.79 Å². The standard InChI is InChI=1S/C31H28F3N3O5S/c1-3-41-29(39)24-20(22-11-7-13-43-22)15-21-25(27(24)38)23(17-8-6-12-36-16-17)26(30(40)42-4-2)28(35)37(21)19-10-5-9-18(14-19)31(32,33)34/h5-14,16,20,23-24H,3-4,15,35H2,1-2H3/t20-,23-,24-/m1/s1. The van der Waals surface area contributed by atoms with Crippen molar-refractivity contribution in [2.75, 3.05) is 18.1 Å². The van der Waals surface area contributed by atoms with Crippen molar-refractivity contribution in [3.8, 4) is 0 Å². The molecule has 0 saturated heterocycles. The van der Waals surface area contributed by atoms with Crippen LogP contribution in [-0.4, -0.2) is 35.9 Å². The van der Waals surface area contributed by atoms with Crippen LogP contribution in [0.2, 0.25) is 0 Å². The van der Waals surface area contributed by atoms with Gasteiger partial charge in [0.2, 0.25) is 0 Å². The second kappa shape index (κ2) is 12.0. The van der Waals surface area contributed by atoms with Gasteiger partial charge in [0.1, 0.15) is 11.7 Å². The van der Waals surface area contributed by atoms with Crippen molar-refractivity contribution in [1.82, 2.24) is 4.98 Å². The molecule has 5 rings (SSSR count). The van der Waals surface area contributed by atoms with Crippen LogP contribution in [0.25, 0.3) is 0 Å². The molecular weight excluding hydrogens is 583 g/mol. The average molecular weight is 612 g/mol. The van der Waals surface area contributed by atoms with Crippen LogP contribution in [0.5, 0.6) is 0 Å². The van der Waals surface area contributed by atoms with E-state index in [0.29, 0.717) is 5.56 Å². The number of allylic oxidation sites excluding steroid dienone is 2. The molecule has 3 heterocycles. The summed E-state index contributed by atoms with van der Waals surface area (Å²) in [5.74, 6) is -5.42. The number of esters is 2. The van der Waals surface area contributed by atoms with Crippen LogP contribution in [0, 0.1) is 5.92 Å². The molecule has 0 unspecified atom stereocenters. The fourth-order valence-corrected chi connectivity index (χ4v) is 6.57. The summed E-state index contributed by atoms with van der Waals surface area (Å²) in [6.07, 6.45) is -1.63. The predicted octanol–water partition coefficient (Wildman–Crippen LogP) is 5.69. The molecule has 8 nitrogen and oxygen atoms in total. The quantitative estimate of drug-likeness (QED) is 0.268. The van der Waals surface area contributed by atoms with Crippen molar-refractivity contribution in [3.63, 3.8) is 0 Å². The van der Waals surface area contributed by atoms with Crippen molar-refractivity contribution in [2.45, 2.75) is 38.3 Å². The van der Waals surface area contributed by atoms with Crippen LogP contribution in [0.15, 0.2) is 89.0 Å². The second-order valence-corrected chi connectivity index (χ2v) is 10.9. The summed E-state index contributed by atoms with van der Waals surface area (Å²) in [6.45, 7) is 3.24. The molecule has 0 fully saturated rings. The maximum absolute atomic E-state index is 14.6. The molecule has 3 aromatic rings. The SMILES string of the molecule is CCOC(=O)C1=C(N)N(c2cccc(C(F)(F)F)c2)C2=C(C(=O)[C@H](C(=O)OCC)[C@@H](c3cccs3)C2)[C@H]1c1cccnc1. The number of rotatable bonds is 7. The van der Waals surface area contributed by atoms with Crippen LogP contribution in [0.1, 0.15) is 48.1 Å². The van der Waals surface area contributed by atoms with Crippen LogP contribution in [0.3, 0.4) is 0 Å². The van der Waals surface area contributed by atoms with E-state index < -0.39 is 47.2 Å². The maximum atomic E-state index is 14.6. The van der Waals surface area contributed by atoms with E-state index in [9.17, 15) is 27.6 Å². The molecule has 2 aromatic heterocycles. The number of nitrogens with zero attached hydrogens (tertiary/aromatic N) is 2. The molecule has 0 bridgehead atoms. The van der Waals surface area contributed by atoms with Gasteiger partial charge in [-0.1, -0.05) is 18.2 Å². The van der Waals surface area contributed by atoms with Gasteiger partial charge in [-0.05, 0) is 61.5 Å². The molecular formula is C31H28F3N3O5S. The zero-order valence-corrected chi connectivity index (χ0v) is 24.1. The Hall–Kier alpha value is -4.45. The Labute approximate surface area is 249 Å². The van der Waals surface area contributed by atoms with Gasteiger partial charge in [-0.3, -0.25) is 19.5 Å². The van der Waals surface area contributed by atoms with Gasteiger partial charge >= 0.3 is 18.1 Å². The molecule has 224 valence electrons. The number of thiophene rings is 1. The molecule has 2 aliphatic rings. The number of carbonyl (C=O) groups is 3. The van der Waals surface area contributed by atoms with Gasteiger partial charge in [-0.15, -0.1) is 11.3 Å². The number of nitrogens with two attached hydrogens (primary N) is 1. The van der Waals surface area contributed by atoms with Crippen LogP contribution >= 0.6 is 11.3 Å². The van der Waals surface area contributed by atoms with Gasteiger partial charge < -0.3 is 15.2 Å². The van der Waals surface area contributed by atoms with Gasteiger partial charge in [-0.2, -0.15) is 13.2 Å². The Morgan fingerprint density at radius 2 is 1.86 bits per heavy atom. The molecule has 0 amide bonds. The molecule has 3 atom stereocenters. The first-order chi connectivity index (χ1) is 20.6. The number of hydrogen-bond acceptors (Lipinski definition) is 9. The summed E-state index contributed by atoms with van der Waals surface area (Å²) >= 11 is 1.35. The Kier molecular flexibility index (Phi) is 8.41. The van der Waals surface area contributed by atoms with E-state index in [0.717, 1.165) is 17.0 Å². The van der Waals surface area contributed by atoms with E-state index >= 15 is 0 Å². The normalized spacial score (nSPS) is 20.6. The van der Waals surface area contributed by atoms with Crippen molar-refractivity contribution in [1.29, 1.82) is 0 Å². The fourth-order valence-electron chi connectivity index (χ4n) is 5.71. The highest BCUT2D eigenvalue weighted by molar-refractivity contribution is 7.10. The number of Topliss-reactive ketones (excluding diaryl/α,β-unsaturated/α-hetero) is 1. The molecule has 12 heteroatoms. The van der Waals surface area contributed by atoms with Crippen molar-refractivity contribution >= 4 is 34.7 Å². The Bertz CT molecular complexity index is 1600. The lowest BCUT2D eigenvalue weighted by atomic mass is 9.68. The van der Waals surface area contributed by atoms with Gasteiger partial charge in [0.25, 0.3) is 0 Å². The zero-order chi connectivity index (χ0) is 30.9. The fraction of sp³-hybridized carbons (Fsp3) is 0.290. The number of aromatic nitrogens is 1. The van der Waals surface area contributed by atoms with Crippen LogP contribution < -0.4 is 10.6 Å². The highest BCUT2D eigenvalue weighted by atomic mass is 32.1. The van der Waals surface area contributed by atoms with Gasteiger partial charge in [0, 0.05) is 40.1 Å². The summed E-state index contributed by atoms with van der Waals surface area (Å²) < 4.78 is 52.1. The highest BCUT2D eigenvalue weighted by Gasteiger charge is 2.51. The van der Waals surface area contributed by atoms with Gasteiger partial charge in [0.15, 0.2) is 5.78 Å². The summed E-state index contributed by atoms with van der Waals surface area (Å²) in [4.78, 5) is 47.7. The number of pyridine rings is 1. The first-order valence-corrected chi connectivity index (χ1v) is 14.5. The van der Waals surface area contributed by atoms with E-state index in [4.69, 9.17) is 15.2 Å². The summed E-state index contributed by atoms with van der Waals surface area (Å²) in [7, 11) is 0. The largest absolute Gasteiger partial charge is 0.465 e. The van der Waals surface area contributed by atoms with E-state index in [1.807, 2.05) is 5.38 Å². The minimum atomic E-state index is -4.67. The number of benzene rings is 1. The summed E-state index contributed by atoms with van der Waals surface area (Å²) in [6, 6.07) is 11.3. The van der Waals surface area contributed by atoms with Crippen LogP contribution in [0.4, 0.5) is 18.9 Å². The number of halogens is 3. The Morgan fingerprint density at radius 1 is 1.09 bits per heavy atom. The van der Waals surface area contributed by atoms with E-state index in [1.54, 1.807) is 38.1 Å². The Morgan fingerprint density at radius 3 is 2.49 bits per heavy atom. The molecule has 0 saturated carbocycles. The number of anilines is 1. The zero-order valence-electron chi connectivity index (χ0n) is 23.3. The lowest BCUT2D eigenvalue weighted by Gasteiger charge is -2.43. The first-order valence-electron chi connectivity index (χ1n) is 13.6. The first kappa shape index (κ1) is 30.0. The topological polar surface area (TPSA) is 112 Å². The number of hydrogen-bond donors (Lipinski definition) is 1. The number of carbonyl (C=O) groups excluding carboxylic acids is 3. The minimum Gasteiger partial charge on any atom is -0.465 e. The molecule has 1 aromatic carbocycles. The molecule has 1 aliphatic carbocycles. The minimum absolute atomic E-state index is 0.00132. The van der Waals surface area contributed by atoms with Crippen molar-refractivity contribution in [2.24, 2.45) is 11.7 Å². The second-order valence-electron chi connectivity index (χ2n) is 9.90. The van der Waals surface area contributed by atoms with Gasteiger partial charge in [0.05, 0.1) is 30.3 Å². The third kappa shape index (κ3) is 5.54. The average Bonchev–Trinajstić information content (AvgIpc) is 3.52. The third-order valence-electron chi connectivity index (χ3n) is 7.43. The summed E-state index contributed by atoms with van der Waals surface area (Å²) in [5.41, 5.74) is 6.38. The predicted molar refractivity (Wildman–Crippen MR) is 153 cm³/mol. The molecule has 43 heavy (non-hydrogen) atoms. The molecule has 1 aliphatic heterocycles. The van der Waals surface area contributed by atoms with E-state index in [-0.39, 0.29) is 48.0 Å². The maximum Gasteiger partial charge on any atom is 0.416 e. The lowest BCUT2D eigenvalue weighted by molar-refractivity contribution is -0.152. The van der Waals surface area contributed by atoms with Crippen LogP contribution in [-0.2, 0) is 30.0 Å². The monoisotopic (exact) mass is 611 g/mol. The number of ketones is 1. The van der Waals surface area contributed by atoms with E-state index in [1.165, 1.54) is 40.8 Å². The Balaban J connectivity index is 1.82. The van der Waals surface area contributed by atoms with E-state index in [2.05, 4.69) is 4.98 Å². The number of ether oxygens (including phenoxy) is 2. The third-order valence-corrected chi connectivity index (χ3v) is 8.44. The highest BCUT2D eigenvalue weighted by Crippen LogP contribution is 2.52. The van der Waals surface area contributed by atoms with Crippen molar-refractivity contribution in [3.05, 3.63) is 105 Å². The molecule has 0 radical (unpaired) electrons. The lowest BCUT2D eigenvalue weighted by Crippen LogP contribution is -2.46. The molecule has 2 N–H and O–H groups in total.